The molecule has 0 spiro atoms. The molecule has 1 aliphatic rings. The Hall–Kier alpha value is -0.543. The molecule has 1 aliphatic heterocycles. The van der Waals surface area contributed by atoms with Crippen molar-refractivity contribution in [3.8, 4) is 0 Å². The fraction of sp³-hybridized carbons (Fsp3) is 0. The van der Waals surface area contributed by atoms with Gasteiger partial charge in [0.15, 0.2) is 0 Å². The zero-order valence-corrected chi connectivity index (χ0v) is 6.48. The molecule has 0 fully saturated rings. The van der Waals surface area contributed by atoms with Gasteiger partial charge in [0.1, 0.15) is 0 Å². The highest BCUT2D eigenvalue weighted by molar-refractivity contribution is 7.12. The van der Waals surface area contributed by atoms with Crippen molar-refractivity contribution in [2.45, 2.75) is 0 Å². The van der Waals surface area contributed by atoms with Crippen LogP contribution in [0.15, 0.2) is 11.6 Å². The van der Waals surface area contributed by atoms with E-state index in [9.17, 15) is 0 Å². The maximum Gasteiger partial charge on any atom is 0.0877 e. The van der Waals surface area contributed by atoms with Crippen molar-refractivity contribution in [2.24, 2.45) is 0 Å². The topological polar surface area (TPSA) is 12.9 Å². The van der Waals surface area contributed by atoms with Crippen molar-refractivity contribution in [1.82, 2.24) is 4.98 Å². The summed E-state index contributed by atoms with van der Waals surface area (Å²) in [6.07, 6.45) is 4.21. The van der Waals surface area contributed by atoms with Crippen molar-refractivity contribution >= 4 is 37.5 Å². The summed E-state index contributed by atoms with van der Waals surface area (Å²) in [5.41, 5.74) is 4.06. The van der Waals surface area contributed by atoms with E-state index in [1.807, 2.05) is 5.51 Å². The highest BCUT2D eigenvalue weighted by Crippen LogP contribution is 2.05. The molecule has 1 aromatic rings. The Kier molecular flexibility index (Phi) is 1.17. The molecule has 2 heterocycles. The van der Waals surface area contributed by atoms with Crippen molar-refractivity contribution in [1.29, 1.82) is 0 Å². The number of thiazole rings is 1. The summed E-state index contributed by atoms with van der Waals surface area (Å²) in [5.74, 6) is 0. The lowest BCUT2D eigenvalue weighted by atomic mass is 10.5. The molecule has 3 heteroatoms. The van der Waals surface area contributed by atoms with Gasteiger partial charge in [-0.15, -0.1) is 11.3 Å². The molecule has 0 saturated carbocycles. The molecule has 43 valence electrons. The van der Waals surface area contributed by atoms with E-state index in [2.05, 4.69) is 22.8 Å². The maximum absolute atomic E-state index is 4.21. The van der Waals surface area contributed by atoms with Gasteiger partial charge in [-0.1, -0.05) is 11.7 Å². The first kappa shape index (κ1) is 5.26. The predicted octanol–water partition coefficient (Wildman–Crippen LogP) is 0.302. The minimum Gasteiger partial charge on any atom is -0.250 e. The summed E-state index contributed by atoms with van der Waals surface area (Å²) in [6.45, 7) is 0. The molecule has 0 saturated heterocycles. The SMILES string of the molecule is C1=Cc2scnc2[Si]=C1. The van der Waals surface area contributed by atoms with Crippen LogP contribution in [0.2, 0.25) is 0 Å². The van der Waals surface area contributed by atoms with E-state index in [1.165, 1.54) is 10.2 Å². The predicted molar refractivity (Wildman–Crippen MR) is 42.6 cm³/mol. The van der Waals surface area contributed by atoms with E-state index in [-0.39, 0.29) is 0 Å². The van der Waals surface area contributed by atoms with Crippen LogP contribution in [-0.4, -0.2) is 19.8 Å². The fourth-order valence-electron chi connectivity index (χ4n) is 0.744. The Morgan fingerprint density at radius 3 is 3.44 bits per heavy atom. The quantitative estimate of drug-likeness (QED) is 0.485. The van der Waals surface area contributed by atoms with E-state index in [0.29, 0.717) is 0 Å². The Morgan fingerprint density at radius 1 is 1.56 bits per heavy atom. The van der Waals surface area contributed by atoms with E-state index in [0.717, 1.165) is 9.13 Å². The fourth-order valence-corrected chi connectivity index (χ4v) is 2.50. The first-order chi connectivity index (χ1) is 4.47. The van der Waals surface area contributed by atoms with Gasteiger partial charge < -0.3 is 0 Å². The number of allylic oxidation sites excluding steroid dienone is 1. The van der Waals surface area contributed by atoms with E-state index < -0.39 is 0 Å². The van der Waals surface area contributed by atoms with Crippen molar-refractivity contribution in [2.75, 3.05) is 0 Å². The monoisotopic (exact) mass is 150 g/mol. The van der Waals surface area contributed by atoms with Crippen LogP contribution in [0.25, 0.3) is 6.08 Å². The molecular weight excluding hydrogens is 146 g/mol. The Morgan fingerprint density at radius 2 is 2.56 bits per heavy atom. The number of rotatable bonds is 0. The lowest BCUT2D eigenvalue weighted by Gasteiger charge is -1.90. The molecule has 1 nitrogen and oxygen atoms in total. The molecule has 0 aromatic carbocycles. The molecule has 0 aliphatic carbocycles. The normalized spacial score (nSPS) is 13.8. The summed E-state index contributed by atoms with van der Waals surface area (Å²) in [4.78, 5) is 5.53. The molecule has 2 rings (SSSR count). The first-order valence-electron chi connectivity index (χ1n) is 2.67. The Balaban J connectivity index is 2.68. The molecular formula is C6H4NSSi. The number of nitrogens with zero attached hydrogens (tertiary/aromatic N) is 1. The highest BCUT2D eigenvalue weighted by Gasteiger charge is 2.00. The third-order valence-electron chi connectivity index (χ3n) is 1.16. The number of hydrogen-bond donors (Lipinski definition) is 0. The number of fused-ring (bicyclic) bond motifs is 1. The smallest absolute Gasteiger partial charge is 0.0877 e. The van der Waals surface area contributed by atoms with Crippen LogP contribution in [0.5, 0.6) is 0 Å². The lowest BCUT2D eigenvalue weighted by molar-refractivity contribution is 1.49. The molecule has 9 heavy (non-hydrogen) atoms. The summed E-state index contributed by atoms with van der Waals surface area (Å²) >= 11 is 1.71. The summed E-state index contributed by atoms with van der Waals surface area (Å²) in [7, 11) is 0.785. The average Bonchev–Trinajstić information content (AvgIpc) is 2.33. The molecule has 0 N–H and O–H groups in total. The van der Waals surface area contributed by atoms with Crippen LogP contribution in [0, 0.1) is 0 Å². The zero-order valence-electron chi connectivity index (χ0n) is 4.66. The van der Waals surface area contributed by atoms with Crippen LogP contribution >= 0.6 is 11.3 Å². The van der Waals surface area contributed by atoms with Gasteiger partial charge in [0.05, 0.1) is 20.0 Å². The zero-order chi connectivity index (χ0) is 6.10. The van der Waals surface area contributed by atoms with E-state index in [1.54, 1.807) is 11.3 Å². The van der Waals surface area contributed by atoms with Gasteiger partial charge >= 0.3 is 0 Å². The highest BCUT2D eigenvalue weighted by atomic mass is 32.1. The third kappa shape index (κ3) is 0.820. The largest absolute Gasteiger partial charge is 0.250 e. The van der Waals surface area contributed by atoms with Crippen LogP contribution in [0.3, 0.4) is 0 Å². The van der Waals surface area contributed by atoms with Crippen LogP contribution < -0.4 is 5.32 Å². The minimum absolute atomic E-state index is 0.785. The summed E-state index contributed by atoms with van der Waals surface area (Å²) in [6, 6.07) is 0. The van der Waals surface area contributed by atoms with Gasteiger partial charge in [0, 0.05) is 4.88 Å². The van der Waals surface area contributed by atoms with Gasteiger partial charge in [-0.25, -0.2) is 4.98 Å². The minimum atomic E-state index is 0.785. The maximum atomic E-state index is 4.21. The summed E-state index contributed by atoms with van der Waals surface area (Å²) in [5, 5.41) is 1.25. The van der Waals surface area contributed by atoms with Crippen LogP contribution in [0.4, 0.5) is 0 Å². The second-order valence-electron chi connectivity index (χ2n) is 1.74. The van der Waals surface area contributed by atoms with Gasteiger partial charge in [-0.2, -0.15) is 0 Å². The third-order valence-corrected chi connectivity index (χ3v) is 3.17. The number of aromatic nitrogens is 1. The van der Waals surface area contributed by atoms with Crippen LogP contribution in [-0.2, 0) is 0 Å². The standard InChI is InChI=1S/C6H4NSSi/c1-2-5-6(9-3-1)7-4-8-5/h1-4H. The Labute approximate surface area is 59.5 Å². The molecule has 0 unspecified atom stereocenters. The van der Waals surface area contributed by atoms with Crippen molar-refractivity contribution < 1.29 is 0 Å². The van der Waals surface area contributed by atoms with E-state index in [4.69, 9.17) is 0 Å². The van der Waals surface area contributed by atoms with Gasteiger partial charge in [0.2, 0.25) is 0 Å². The van der Waals surface area contributed by atoms with Crippen molar-refractivity contribution in [3.05, 3.63) is 16.5 Å². The number of hydrogen-bond acceptors (Lipinski definition) is 2. The lowest BCUT2D eigenvalue weighted by Crippen LogP contribution is -2.14. The van der Waals surface area contributed by atoms with Crippen molar-refractivity contribution in [3.63, 3.8) is 0 Å². The molecule has 0 bridgehead atoms. The second-order valence-corrected chi connectivity index (χ2v) is 3.72. The Bertz CT molecular complexity index is 248. The van der Waals surface area contributed by atoms with Gasteiger partial charge in [0.25, 0.3) is 0 Å². The second kappa shape index (κ2) is 2.00. The molecule has 0 atom stereocenters. The molecule has 0 amide bonds. The summed E-state index contributed by atoms with van der Waals surface area (Å²) < 4.78 is 0. The van der Waals surface area contributed by atoms with Gasteiger partial charge in [-0.05, 0) is 6.08 Å². The van der Waals surface area contributed by atoms with E-state index >= 15 is 0 Å². The molecule has 1 aromatic heterocycles. The average molecular weight is 150 g/mol. The molecule has 1 radical (unpaired) electrons. The van der Waals surface area contributed by atoms with Crippen LogP contribution in [0.1, 0.15) is 4.88 Å². The first-order valence-corrected chi connectivity index (χ1v) is 4.62. The van der Waals surface area contributed by atoms with Gasteiger partial charge in [-0.3, -0.25) is 0 Å².